The third kappa shape index (κ3) is 3.15. The smallest absolute Gasteiger partial charge is 0.255 e. The SMILES string of the molecule is COc1ccc(Cl)cc1C(=O)N[C@@H]1CCCNC1. The lowest BCUT2D eigenvalue weighted by Gasteiger charge is -2.24. The molecule has 5 heteroatoms. The average Bonchev–Trinajstić information content (AvgIpc) is 2.40. The summed E-state index contributed by atoms with van der Waals surface area (Å²) in [6, 6.07) is 5.22. The Morgan fingerprint density at radius 2 is 2.39 bits per heavy atom. The fourth-order valence-corrected chi connectivity index (χ4v) is 2.27. The van der Waals surface area contributed by atoms with Gasteiger partial charge in [-0.05, 0) is 37.6 Å². The zero-order valence-electron chi connectivity index (χ0n) is 10.3. The van der Waals surface area contributed by atoms with Crippen molar-refractivity contribution in [2.75, 3.05) is 20.2 Å². The van der Waals surface area contributed by atoms with Gasteiger partial charge < -0.3 is 15.4 Å². The van der Waals surface area contributed by atoms with Crippen molar-refractivity contribution in [2.24, 2.45) is 0 Å². The van der Waals surface area contributed by atoms with E-state index in [-0.39, 0.29) is 11.9 Å². The molecular weight excluding hydrogens is 252 g/mol. The zero-order valence-corrected chi connectivity index (χ0v) is 11.1. The number of nitrogens with one attached hydrogen (secondary N) is 2. The van der Waals surface area contributed by atoms with Crippen LogP contribution in [0.2, 0.25) is 5.02 Å². The standard InChI is InChI=1S/C13H17ClN2O2/c1-18-12-5-4-9(14)7-11(12)13(17)16-10-3-2-6-15-8-10/h4-5,7,10,15H,2-3,6,8H2,1H3,(H,16,17)/t10-/m1/s1. The van der Waals surface area contributed by atoms with Crippen molar-refractivity contribution < 1.29 is 9.53 Å². The Balaban J connectivity index is 2.09. The van der Waals surface area contributed by atoms with Crippen molar-refractivity contribution >= 4 is 17.5 Å². The second kappa shape index (κ2) is 6.07. The first-order valence-electron chi connectivity index (χ1n) is 6.06. The van der Waals surface area contributed by atoms with Gasteiger partial charge in [-0.1, -0.05) is 11.6 Å². The summed E-state index contributed by atoms with van der Waals surface area (Å²) in [7, 11) is 1.54. The average molecular weight is 269 g/mol. The third-order valence-corrected chi connectivity index (χ3v) is 3.27. The van der Waals surface area contributed by atoms with E-state index >= 15 is 0 Å². The summed E-state index contributed by atoms with van der Waals surface area (Å²) in [6.45, 7) is 1.83. The minimum Gasteiger partial charge on any atom is -0.496 e. The lowest BCUT2D eigenvalue weighted by atomic mass is 10.1. The van der Waals surface area contributed by atoms with Crippen molar-refractivity contribution in [3.05, 3.63) is 28.8 Å². The highest BCUT2D eigenvalue weighted by Gasteiger charge is 2.19. The number of carbonyl (C=O) groups excluding carboxylic acids is 1. The molecule has 0 aromatic heterocycles. The van der Waals surface area contributed by atoms with E-state index in [4.69, 9.17) is 16.3 Å². The number of piperidine rings is 1. The molecule has 1 aliphatic heterocycles. The second-order valence-electron chi connectivity index (χ2n) is 4.36. The molecule has 1 aromatic rings. The van der Waals surface area contributed by atoms with E-state index in [2.05, 4.69) is 10.6 Å². The molecule has 0 bridgehead atoms. The summed E-state index contributed by atoms with van der Waals surface area (Å²) < 4.78 is 5.18. The highest BCUT2D eigenvalue weighted by atomic mass is 35.5. The molecule has 0 saturated carbocycles. The van der Waals surface area contributed by atoms with E-state index in [0.29, 0.717) is 16.3 Å². The summed E-state index contributed by atoms with van der Waals surface area (Å²) in [5.41, 5.74) is 0.482. The van der Waals surface area contributed by atoms with Crippen molar-refractivity contribution in [1.29, 1.82) is 0 Å². The molecule has 1 aliphatic rings. The minimum absolute atomic E-state index is 0.136. The Hall–Kier alpha value is -1.26. The van der Waals surface area contributed by atoms with Crippen LogP contribution < -0.4 is 15.4 Å². The Morgan fingerprint density at radius 1 is 1.56 bits per heavy atom. The molecule has 2 N–H and O–H groups in total. The number of halogens is 1. The number of rotatable bonds is 3. The van der Waals surface area contributed by atoms with Crippen molar-refractivity contribution in [3.8, 4) is 5.75 Å². The van der Waals surface area contributed by atoms with E-state index in [1.165, 1.54) is 0 Å². The van der Waals surface area contributed by atoms with E-state index in [9.17, 15) is 4.79 Å². The van der Waals surface area contributed by atoms with Crippen LogP contribution in [0.3, 0.4) is 0 Å². The van der Waals surface area contributed by atoms with Crippen LogP contribution in [-0.4, -0.2) is 32.1 Å². The quantitative estimate of drug-likeness (QED) is 0.879. The number of amides is 1. The maximum absolute atomic E-state index is 12.2. The lowest BCUT2D eigenvalue weighted by Crippen LogP contribution is -2.45. The van der Waals surface area contributed by atoms with Crippen molar-refractivity contribution in [1.82, 2.24) is 10.6 Å². The number of hydrogen-bond acceptors (Lipinski definition) is 3. The van der Waals surface area contributed by atoms with Crippen LogP contribution in [0, 0.1) is 0 Å². The van der Waals surface area contributed by atoms with Crippen LogP contribution in [0.15, 0.2) is 18.2 Å². The fraction of sp³-hybridized carbons (Fsp3) is 0.462. The number of carbonyl (C=O) groups is 1. The maximum Gasteiger partial charge on any atom is 0.255 e. The summed E-state index contributed by atoms with van der Waals surface area (Å²) in [5, 5.41) is 6.79. The molecule has 0 aliphatic carbocycles. The van der Waals surface area contributed by atoms with Crippen LogP contribution in [0.4, 0.5) is 0 Å². The molecule has 1 atom stereocenters. The van der Waals surface area contributed by atoms with E-state index in [1.54, 1.807) is 25.3 Å². The van der Waals surface area contributed by atoms with E-state index in [0.717, 1.165) is 25.9 Å². The molecule has 0 spiro atoms. The van der Waals surface area contributed by atoms with Crippen LogP contribution in [0.1, 0.15) is 23.2 Å². The van der Waals surface area contributed by atoms with Crippen molar-refractivity contribution in [2.45, 2.75) is 18.9 Å². The molecule has 4 nitrogen and oxygen atoms in total. The van der Waals surface area contributed by atoms with Gasteiger partial charge in [-0.25, -0.2) is 0 Å². The third-order valence-electron chi connectivity index (χ3n) is 3.04. The van der Waals surface area contributed by atoms with Crippen LogP contribution in [0.25, 0.3) is 0 Å². The molecule has 1 fully saturated rings. The van der Waals surface area contributed by atoms with Gasteiger partial charge in [0.25, 0.3) is 5.91 Å². The van der Waals surface area contributed by atoms with Gasteiger partial charge in [-0.2, -0.15) is 0 Å². The van der Waals surface area contributed by atoms with Crippen molar-refractivity contribution in [3.63, 3.8) is 0 Å². The van der Waals surface area contributed by atoms with Crippen LogP contribution >= 0.6 is 11.6 Å². The van der Waals surface area contributed by atoms with Gasteiger partial charge in [-0.3, -0.25) is 4.79 Å². The highest BCUT2D eigenvalue weighted by Crippen LogP contribution is 2.22. The normalized spacial score (nSPS) is 19.3. The van der Waals surface area contributed by atoms with E-state index < -0.39 is 0 Å². The maximum atomic E-state index is 12.2. The van der Waals surface area contributed by atoms with Crippen LogP contribution in [0.5, 0.6) is 5.75 Å². The molecule has 1 heterocycles. The van der Waals surface area contributed by atoms with Gasteiger partial charge in [0.15, 0.2) is 0 Å². The molecule has 0 radical (unpaired) electrons. The number of methoxy groups -OCH3 is 1. The van der Waals surface area contributed by atoms with Gasteiger partial charge in [0.05, 0.1) is 12.7 Å². The highest BCUT2D eigenvalue weighted by molar-refractivity contribution is 6.31. The minimum atomic E-state index is -0.136. The number of ether oxygens (including phenoxy) is 1. The summed E-state index contributed by atoms with van der Waals surface area (Å²) >= 11 is 5.91. The van der Waals surface area contributed by atoms with Gasteiger partial charge in [0.1, 0.15) is 5.75 Å². The Kier molecular flexibility index (Phi) is 4.44. The lowest BCUT2D eigenvalue weighted by molar-refractivity contribution is 0.0927. The monoisotopic (exact) mass is 268 g/mol. The molecule has 1 amide bonds. The summed E-state index contributed by atoms with van der Waals surface area (Å²) in [6.07, 6.45) is 2.08. The predicted molar refractivity (Wildman–Crippen MR) is 71.4 cm³/mol. The summed E-state index contributed by atoms with van der Waals surface area (Å²) in [5.74, 6) is 0.406. The molecular formula is C13H17ClN2O2. The van der Waals surface area contributed by atoms with Gasteiger partial charge in [0, 0.05) is 17.6 Å². The Morgan fingerprint density at radius 3 is 3.06 bits per heavy atom. The van der Waals surface area contributed by atoms with Gasteiger partial charge >= 0.3 is 0 Å². The molecule has 2 rings (SSSR count). The molecule has 1 aromatic carbocycles. The zero-order chi connectivity index (χ0) is 13.0. The Labute approximate surface area is 112 Å². The number of benzene rings is 1. The van der Waals surface area contributed by atoms with Crippen LogP contribution in [-0.2, 0) is 0 Å². The summed E-state index contributed by atoms with van der Waals surface area (Å²) in [4.78, 5) is 12.2. The second-order valence-corrected chi connectivity index (χ2v) is 4.80. The van der Waals surface area contributed by atoms with Gasteiger partial charge in [0.2, 0.25) is 0 Å². The largest absolute Gasteiger partial charge is 0.496 e. The van der Waals surface area contributed by atoms with Gasteiger partial charge in [-0.15, -0.1) is 0 Å². The molecule has 0 unspecified atom stereocenters. The molecule has 98 valence electrons. The van der Waals surface area contributed by atoms with E-state index in [1.807, 2.05) is 0 Å². The first kappa shape index (κ1) is 13.2. The molecule has 1 saturated heterocycles. The topological polar surface area (TPSA) is 50.4 Å². The predicted octanol–water partition coefficient (Wildman–Crippen LogP) is 1.83. The fourth-order valence-electron chi connectivity index (χ4n) is 2.10. The number of hydrogen-bond donors (Lipinski definition) is 2. The first-order chi connectivity index (χ1) is 8.70. The molecule has 18 heavy (non-hydrogen) atoms. The Bertz CT molecular complexity index is 431. The first-order valence-corrected chi connectivity index (χ1v) is 6.43.